The number of likely N-dealkylation sites (N-methyl/N-ethyl adjacent to an activating group) is 1. The molecule has 2 amide bonds. The van der Waals surface area contributed by atoms with Crippen molar-refractivity contribution >= 4 is 28.5 Å². The third kappa shape index (κ3) is 3.50. The maximum atomic E-state index is 11.6. The SMILES string of the molecule is CCN(CC(=O)O)C(=O)Nc1nc(C)cs1. The summed E-state index contributed by atoms with van der Waals surface area (Å²) >= 11 is 1.31. The summed E-state index contributed by atoms with van der Waals surface area (Å²) in [6.07, 6.45) is 0. The van der Waals surface area contributed by atoms with Gasteiger partial charge in [0.15, 0.2) is 5.13 Å². The van der Waals surface area contributed by atoms with Gasteiger partial charge in [0.2, 0.25) is 0 Å². The minimum Gasteiger partial charge on any atom is -0.480 e. The highest BCUT2D eigenvalue weighted by Crippen LogP contribution is 2.14. The fourth-order valence-corrected chi connectivity index (χ4v) is 1.75. The van der Waals surface area contributed by atoms with Gasteiger partial charge in [0.25, 0.3) is 0 Å². The molecule has 0 fully saturated rings. The molecule has 0 spiro atoms. The van der Waals surface area contributed by atoms with Gasteiger partial charge in [-0.15, -0.1) is 11.3 Å². The van der Waals surface area contributed by atoms with Crippen LogP contribution in [0.2, 0.25) is 0 Å². The summed E-state index contributed by atoms with van der Waals surface area (Å²) < 4.78 is 0. The molecular formula is C9H13N3O3S. The number of nitrogens with zero attached hydrogens (tertiary/aromatic N) is 2. The van der Waals surface area contributed by atoms with Crippen molar-refractivity contribution in [2.24, 2.45) is 0 Å². The Morgan fingerprint density at radius 1 is 1.62 bits per heavy atom. The van der Waals surface area contributed by atoms with E-state index in [1.54, 1.807) is 6.92 Å². The van der Waals surface area contributed by atoms with Crippen molar-refractivity contribution in [1.82, 2.24) is 9.88 Å². The van der Waals surface area contributed by atoms with E-state index >= 15 is 0 Å². The summed E-state index contributed by atoms with van der Waals surface area (Å²) in [4.78, 5) is 27.4. The van der Waals surface area contributed by atoms with Gasteiger partial charge in [-0.05, 0) is 13.8 Å². The van der Waals surface area contributed by atoms with Crippen molar-refractivity contribution in [1.29, 1.82) is 0 Å². The van der Waals surface area contributed by atoms with Gasteiger partial charge >= 0.3 is 12.0 Å². The third-order valence-electron chi connectivity index (χ3n) is 1.83. The molecule has 0 aliphatic rings. The number of rotatable bonds is 4. The number of aromatic nitrogens is 1. The number of amides is 2. The summed E-state index contributed by atoms with van der Waals surface area (Å²) in [6.45, 7) is 3.56. The van der Waals surface area contributed by atoms with E-state index in [2.05, 4.69) is 10.3 Å². The Morgan fingerprint density at radius 2 is 2.31 bits per heavy atom. The maximum Gasteiger partial charge on any atom is 0.324 e. The minimum atomic E-state index is -1.03. The van der Waals surface area contributed by atoms with Crippen LogP contribution in [-0.2, 0) is 4.79 Å². The first-order valence-electron chi connectivity index (χ1n) is 4.72. The fraction of sp³-hybridized carbons (Fsp3) is 0.444. The minimum absolute atomic E-state index is 0.313. The van der Waals surface area contributed by atoms with Gasteiger partial charge in [0, 0.05) is 11.9 Å². The molecule has 88 valence electrons. The van der Waals surface area contributed by atoms with Crippen molar-refractivity contribution in [3.8, 4) is 0 Å². The Morgan fingerprint density at radius 3 is 2.75 bits per heavy atom. The van der Waals surface area contributed by atoms with E-state index in [1.807, 2.05) is 12.3 Å². The van der Waals surface area contributed by atoms with Crippen molar-refractivity contribution in [2.45, 2.75) is 13.8 Å². The zero-order valence-corrected chi connectivity index (χ0v) is 9.87. The first kappa shape index (κ1) is 12.4. The summed E-state index contributed by atoms with van der Waals surface area (Å²) in [5.74, 6) is -1.03. The lowest BCUT2D eigenvalue weighted by Crippen LogP contribution is -2.38. The maximum absolute atomic E-state index is 11.6. The number of carboxylic acids is 1. The van der Waals surface area contributed by atoms with Crippen LogP contribution in [-0.4, -0.2) is 40.1 Å². The summed E-state index contributed by atoms with van der Waals surface area (Å²) in [5, 5.41) is 13.4. The van der Waals surface area contributed by atoms with Crippen LogP contribution < -0.4 is 5.32 Å². The first-order chi connectivity index (χ1) is 7.52. The number of hydrogen-bond acceptors (Lipinski definition) is 4. The van der Waals surface area contributed by atoms with Gasteiger partial charge in [0.05, 0.1) is 5.69 Å². The standard InChI is InChI=1S/C9H13N3O3S/c1-3-12(4-7(13)14)9(15)11-8-10-6(2)5-16-8/h5H,3-4H2,1-2H3,(H,13,14)(H,10,11,15). The van der Waals surface area contributed by atoms with Gasteiger partial charge in [0.1, 0.15) is 6.54 Å². The number of carbonyl (C=O) groups excluding carboxylic acids is 1. The van der Waals surface area contributed by atoms with E-state index in [-0.39, 0.29) is 6.54 Å². The van der Waals surface area contributed by atoms with Crippen molar-refractivity contribution in [2.75, 3.05) is 18.4 Å². The normalized spacial score (nSPS) is 9.88. The van der Waals surface area contributed by atoms with Gasteiger partial charge in [-0.3, -0.25) is 10.1 Å². The summed E-state index contributed by atoms with van der Waals surface area (Å²) in [7, 11) is 0. The van der Waals surface area contributed by atoms with E-state index in [1.165, 1.54) is 16.2 Å². The Labute approximate surface area is 96.9 Å². The second kappa shape index (κ2) is 5.45. The number of hydrogen-bond donors (Lipinski definition) is 2. The van der Waals surface area contributed by atoms with Crippen LogP contribution >= 0.6 is 11.3 Å². The van der Waals surface area contributed by atoms with Gasteiger partial charge in [-0.25, -0.2) is 9.78 Å². The van der Waals surface area contributed by atoms with Crippen LogP contribution in [0.1, 0.15) is 12.6 Å². The fourth-order valence-electron chi connectivity index (χ4n) is 1.07. The highest BCUT2D eigenvalue weighted by atomic mass is 32.1. The lowest BCUT2D eigenvalue weighted by atomic mass is 10.5. The van der Waals surface area contributed by atoms with Crippen LogP contribution in [0.3, 0.4) is 0 Å². The van der Waals surface area contributed by atoms with Gasteiger partial charge < -0.3 is 10.0 Å². The van der Waals surface area contributed by atoms with Gasteiger partial charge in [-0.1, -0.05) is 0 Å². The number of aliphatic carboxylic acids is 1. The first-order valence-corrected chi connectivity index (χ1v) is 5.60. The molecule has 16 heavy (non-hydrogen) atoms. The molecule has 0 aliphatic carbocycles. The van der Waals surface area contributed by atoms with E-state index in [0.29, 0.717) is 11.7 Å². The molecule has 0 saturated carbocycles. The van der Waals surface area contributed by atoms with Crippen molar-refractivity contribution < 1.29 is 14.7 Å². The Balaban J connectivity index is 2.59. The van der Waals surface area contributed by atoms with Crippen LogP contribution in [0.5, 0.6) is 0 Å². The molecule has 7 heteroatoms. The average molecular weight is 243 g/mol. The number of aryl methyl sites for hydroxylation is 1. The third-order valence-corrected chi connectivity index (χ3v) is 2.70. The molecule has 1 aromatic rings. The molecule has 0 unspecified atom stereocenters. The Kier molecular flexibility index (Phi) is 4.24. The second-order valence-electron chi connectivity index (χ2n) is 3.13. The van der Waals surface area contributed by atoms with Gasteiger partial charge in [-0.2, -0.15) is 0 Å². The smallest absolute Gasteiger partial charge is 0.324 e. The molecule has 0 bridgehead atoms. The van der Waals surface area contributed by atoms with E-state index in [4.69, 9.17) is 5.11 Å². The van der Waals surface area contributed by atoms with Crippen molar-refractivity contribution in [3.63, 3.8) is 0 Å². The second-order valence-corrected chi connectivity index (χ2v) is 3.99. The molecule has 2 N–H and O–H groups in total. The number of carbonyl (C=O) groups is 2. The number of nitrogens with one attached hydrogen (secondary N) is 1. The van der Waals surface area contributed by atoms with Crippen LogP contribution in [0.4, 0.5) is 9.93 Å². The molecule has 0 aromatic carbocycles. The predicted octanol–water partition coefficient (Wildman–Crippen LogP) is 1.39. The number of anilines is 1. The monoisotopic (exact) mass is 243 g/mol. The van der Waals surface area contributed by atoms with E-state index < -0.39 is 12.0 Å². The van der Waals surface area contributed by atoms with Crippen LogP contribution in [0.25, 0.3) is 0 Å². The molecule has 1 rings (SSSR count). The number of urea groups is 1. The number of carboxylic acid groups (broad SMARTS) is 1. The molecule has 1 aromatic heterocycles. The largest absolute Gasteiger partial charge is 0.480 e. The molecule has 0 atom stereocenters. The average Bonchev–Trinajstić information content (AvgIpc) is 2.60. The molecule has 0 aliphatic heterocycles. The molecule has 0 saturated heterocycles. The van der Waals surface area contributed by atoms with Crippen molar-refractivity contribution in [3.05, 3.63) is 11.1 Å². The molecule has 6 nitrogen and oxygen atoms in total. The predicted molar refractivity (Wildman–Crippen MR) is 60.8 cm³/mol. The Hall–Kier alpha value is -1.63. The Bertz CT molecular complexity index is 391. The van der Waals surface area contributed by atoms with E-state index in [9.17, 15) is 9.59 Å². The zero-order valence-electron chi connectivity index (χ0n) is 9.06. The molecular weight excluding hydrogens is 230 g/mol. The summed E-state index contributed by atoms with van der Waals surface area (Å²) in [6, 6.07) is -0.445. The molecule has 1 heterocycles. The lowest BCUT2D eigenvalue weighted by Gasteiger charge is -2.17. The quantitative estimate of drug-likeness (QED) is 0.837. The zero-order chi connectivity index (χ0) is 12.1. The van der Waals surface area contributed by atoms with E-state index in [0.717, 1.165) is 5.69 Å². The molecule has 0 radical (unpaired) electrons. The van der Waals surface area contributed by atoms with Crippen LogP contribution in [0, 0.1) is 6.92 Å². The highest BCUT2D eigenvalue weighted by molar-refractivity contribution is 7.13. The number of thiazole rings is 1. The topological polar surface area (TPSA) is 82.5 Å². The van der Waals surface area contributed by atoms with Crippen LogP contribution in [0.15, 0.2) is 5.38 Å². The summed E-state index contributed by atoms with van der Waals surface area (Å²) in [5.41, 5.74) is 0.821. The highest BCUT2D eigenvalue weighted by Gasteiger charge is 2.15. The lowest BCUT2D eigenvalue weighted by molar-refractivity contribution is -0.137.